The molecule has 0 spiro atoms. The molecule has 0 saturated carbocycles. The van der Waals surface area contributed by atoms with Crippen molar-refractivity contribution >= 4 is 6.03 Å². The molecule has 0 aliphatic heterocycles. The molecule has 0 bridgehead atoms. The van der Waals surface area contributed by atoms with Crippen LogP contribution in [0.15, 0.2) is 54.6 Å². The number of benzene rings is 2. The first-order valence-corrected chi connectivity index (χ1v) is 7.99. The minimum Gasteiger partial charge on any atom is -0.496 e. The van der Waals surface area contributed by atoms with Crippen LogP contribution >= 0.6 is 0 Å². The molecule has 1 unspecified atom stereocenters. The Morgan fingerprint density at radius 3 is 2.50 bits per heavy atom. The Balaban J connectivity index is 2.13. The third-order valence-electron chi connectivity index (χ3n) is 3.79. The van der Waals surface area contributed by atoms with Crippen LogP contribution in [0.1, 0.15) is 17.0 Å². The van der Waals surface area contributed by atoms with Gasteiger partial charge in [-0.25, -0.2) is 9.18 Å². The second-order valence-electron chi connectivity index (χ2n) is 5.45. The average Bonchev–Trinajstić information content (AvgIpc) is 2.64. The highest BCUT2D eigenvalue weighted by atomic mass is 19.1. The van der Waals surface area contributed by atoms with Crippen LogP contribution in [0.2, 0.25) is 0 Å². The van der Waals surface area contributed by atoms with Gasteiger partial charge in [0.1, 0.15) is 12.4 Å². The number of alkyl halides is 1. The summed E-state index contributed by atoms with van der Waals surface area (Å²) in [4.78, 5) is 11.7. The molecule has 0 saturated heterocycles. The summed E-state index contributed by atoms with van der Waals surface area (Å²) in [7, 11) is 1.64. The maximum absolute atomic E-state index is 12.1. The van der Waals surface area contributed by atoms with E-state index in [1.54, 1.807) is 7.11 Å². The number of nitrogens with one attached hydrogen (secondary N) is 2. The number of hydrogen-bond donors (Lipinski definition) is 2. The van der Waals surface area contributed by atoms with Crippen molar-refractivity contribution in [2.75, 3.05) is 26.9 Å². The second kappa shape index (κ2) is 9.55. The number of urea groups is 1. The number of hydrogen-bond acceptors (Lipinski definition) is 2. The quantitative estimate of drug-likeness (QED) is 0.780. The summed E-state index contributed by atoms with van der Waals surface area (Å²) in [6, 6.07) is 17.5. The van der Waals surface area contributed by atoms with Crippen molar-refractivity contribution < 1.29 is 13.9 Å². The van der Waals surface area contributed by atoms with Gasteiger partial charge in [0.25, 0.3) is 0 Å². The largest absolute Gasteiger partial charge is 0.496 e. The smallest absolute Gasteiger partial charge is 0.314 e. The lowest BCUT2D eigenvalue weighted by atomic mass is 9.91. The van der Waals surface area contributed by atoms with E-state index in [4.69, 9.17) is 4.74 Å². The minimum absolute atomic E-state index is 0.0177. The Kier molecular flexibility index (Phi) is 7.08. The molecule has 0 heterocycles. The van der Waals surface area contributed by atoms with E-state index in [1.807, 2.05) is 42.5 Å². The molecule has 1 atom stereocenters. The zero-order valence-corrected chi connectivity index (χ0v) is 13.8. The number of carbonyl (C=O) groups excluding carboxylic acids is 1. The number of amides is 2. The predicted octanol–water partition coefficient (Wildman–Crippen LogP) is 3.29. The average molecular weight is 330 g/mol. The number of carbonyl (C=O) groups is 1. The van der Waals surface area contributed by atoms with E-state index in [1.165, 1.54) is 5.56 Å². The third kappa shape index (κ3) is 5.26. The van der Waals surface area contributed by atoms with Crippen LogP contribution in [0.3, 0.4) is 0 Å². The van der Waals surface area contributed by atoms with Gasteiger partial charge in [0, 0.05) is 19.0 Å². The maximum Gasteiger partial charge on any atom is 0.314 e. The van der Waals surface area contributed by atoms with E-state index < -0.39 is 6.67 Å². The number of rotatable bonds is 8. The fourth-order valence-corrected chi connectivity index (χ4v) is 2.63. The van der Waals surface area contributed by atoms with Crippen LogP contribution in [-0.2, 0) is 6.42 Å². The summed E-state index contributed by atoms with van der Waals surface area (Å²) in [6.45, 7) is -0.120. The molecule has 24 heavy (non-hydrogen) atoms. The summed E-state index contributed by atoms with van der Waals surface area (Å²) in [5.41, 5.74) is 2.22. The molecule has 2 N–H and O–H groups in total. The zero-order valence-electron chi connectivity index (χ0n) is 13.8. The molecule has 5 heteroatoms. The van der Waals surface area contributed by atoms with Crippen molar-refractivity contribution in [1.29, 1.82) is 0 Å². The fraction of sp³-hybridized carbons (Fsp3) is 0.316. The lowest BCUT2D eigenvalue weighted by molar-refractivity contribution is 0.239. The van der Waals surface area contributed by atoms with Crippen LogP contribution in [0.4, 0.5) is 9.18 Å². The van der Waals surface area contributed by atoms with Gasteiger partial charge in [-0.05, 0) is 23.6 Å². The van der Waals surface area contributed by atoms with Crippen molar-refractivity contribution in [2.24, 2.45) is 0 Å². The Labute approximate surface area is 142 Å². The highest BCUT2D eigenvalue weighted by Gasteiger charge is 2.17. The number of para-hydroxylation sites is 1. The van der Waals surface area contributed by atoms with Gasteiger partial charge >= 0.3 is 6.03 Å². The summed E-state index contributed by atoms with van der Waals surface area (Å²) < 4.78 is 17.6. The fourth-order valence-electron chi connectivity index (χ4n) is 2.63. The lowest BCUT2D eigenvalue weighted by Crippen LogP contribution is -2.39. The van der Waals surface area contributed by atoms with Crippen LogP contribution in [0.5, 0.6) is 5.75 Å². The summed E-state index contributed by atoms with van der Waals surface area (Å²) in [5, 5.41) is 5.29. The van der Waals surface area contributed by atoms with Crippen molar-refractivity contribution in [3.05, 3.63) is 65.7 Å². The van der Waals surface area contributed by atoms with Gasteiger partial charge in [-0.3, -0.25) is 0 Å². The first-order chi connectivity index (χ1) is 11.7. The summed E-state index contributed by atoms with van der Waals surface area (Å²) in [5.74, 6) is 0.851. The molecule has 0 aromatic heterocycles. The normalized spacial score (nSPS) is 11.6. The van der Waals surface area contributed by atoms with Gasteiger partial charge in [-0.2, -0.15) is 0 Å². The summed E-state index contributed by atoms with van der Waals surface area (Å²) in [6.07, 6.45) is 0.768. The van der Waals surface area contributed by atoms with E-state index in [9.17, 15) is 9.18 Å². The Morgan fingerprint density at radius 1 is 1.08 bits per heavy atom. The topological polar surface area (TPSA) is 50.4 Å². The van der Waals surface area contributed by atoms with Crippen LogP contribution < -0.4 is 15.4 Å². The van der Waals surface area contributed by atoms with E-state index in [0.717, 1.165) is 17.7 Å². The lowest BCUT2D eigenvalue weighted by Gasteiger charge is -2.21. The Bertz CT molecular complexity index is 634. The van der Waals surface area contributed by atoms with Crippen LogP contribution in [0, 0.1) is 0 Å². The predicted molar refractivity (Wildman–Crippen MR) is 93.3 cm³/mol. The van der Waals surface area contributed by atoms with Crippen molar-refractivity contribution in [1.82, 2.24) is 10.6 Å². The van der Waals surface area contributed by atoms with Crippen LogP contribution in [0.25, 0.3) is 0 Å². The second-order valence-corrected chi connectivity index (χ2v) is 5.45. The maximum atomic E-state index is 12.1. The number of ether oxygens (including phenoxy) is 1. The summed E-state index contributed by atoms with van der Waals surface area (Å²) >= 11 is 0. The van der Waals surface area contributed by atoms with Crippen molar-refractivity contribution in [3.8, 4) is 5.75 Å². The van der Waals surface area contributed by atoms with Gasteiger partial charge in [0.2, 0.25) is 0 Å². The third-order valence-corrected chi connectivity index (χ3v) is 3.79. The number of methoxy groups -OCH3 is 1. The molecule has 0 aliphatic carbocycles. The monoisotopic (exact) mass is 330 g/mol. The van der Waals surface area contributed by atoms with Gasteiger partial charge in [0.05, 0.1) is 7.11 Å². The molecule has 0 aliphatic rings. The van der Waals surface area contributed by atoms with Gasteiger partial charge in [-0.1, -0.05) is 48.5 Å². The highest BCUT2D eigenvalue weighted by molar-refractivity contribution is 5.73. The minimum atomic E-state index is -0.576. The Morgan fingerprint density at radius 2 is 1.79 bits per heavy atom. The molecular formula is C19H23FN2O2. The van der Waals surface area contributed by atoms with Gasteiger partial charge < -0.3 is 15.4 Å². The van der Waals surface area contributed by atoms with Crippen molar-refractivity contribution in [2.45, 2.75) is 12.3 Å². The SMILES string of the molecule is COc1ccccc1C(CNC(=O)NCCF)Cc1ccccc1. The highest BCUT2D eigenvalue weighted by Crippen LogP contribution is 2.28. The first kappa shape index (κ1) is 17.8. The van der Waals surface area contributed by atoms with E-state index in [-0.39, 0.29) is 18.5 Å². The molecule has 128 valence electrons. The van der Waals surface area contributed by atoms with Crippen LogP contribution in [-0.4, -0.2) is 32.9 Å². The standard InChI is InChI=1S/C19H23FN2O2/c1-24-18-10-6-5-9-17(18)16(13-15-7-3-2-4-8-15)14-22-19(23)21-12-11-20/h2-10,16H,11-14H2,1H3,(H2,21,22,23). The first-order valence-electron chi connectivity index (χ1n) is 7.99. The Hall–Kier alpha value is -2.56. The van der Waals surface area contributed by atoms with Crippen molar-refractivity contribution in [3.63, 3.8) is 0 Å². The zero-order chi connectivity index (χ0) is 17.2. The molecule has 4 nitrogen and oxygen atoms in total. The van der Waals surface area contributed by atoms with E-state index in [0.29, 0.717) is 6.54 Å². The molecule has 2 aromatic rings. The molecule has 0 fully saturated rings. The molecule has 2 aromatic carbocycles. The van der Waals surface area contributed by atoms with Gasteiger partial charge in [-0.15, -0.1) is 0 Å². The van der Waals surface area contributed by atoms with Gasteiger partial charge in [0.15, 0.2) is 0 Å². The molecular weight excluding hydrogens is 307 g/mol. The molecule has 0 radical (unpaired) electrons. The number of halogens is 1. The van der Waals surface area contributed by atoms with E-state index >= 15 is 0 Å². The molecule has 2 rings (SSSR count). The molecule has 2 amide bonds. The van der Waals surface area contributed by atoms with E-state index in [2.05, 4.69) is 22.8 Å².